The summed E-state index contributed by atoms with van der Waals surface area (Å²) in [6, 6.07) is 5.48. The summed E-state index contributed by atoms with van der Waals surface area (Å²) >= 11 is 3.37. The third-order valence-electron chi connectivity index (χ3n) is 3.93. The van der Waals surface area contributed by atoms with E-state index in [2.05, 4.69) is 22.9 Å². The quantitative estimate of drug-likeness (QED) is 0.319. The first-order valence-electron chi connectivity index (χ1n) is 9.20. The molecule has 0 amide bonds. The summed E-state index contributed by atoms with van der Waals surface area (Å²) in [4.78, 5) is 23.4. The van der Waals surface area contributed by atoms with E-state index in [0.717, 1.165) is 22.9 Å². The highest BCUT2D eigenvalue weighted by Crippen LogP contribution is 2.23. The number of rotatable bonds is 13. The molecule has 26 heavy (non-hydrogen) atoms. The molecule has 0 bridgehead atoms. The number of hydrogen-bond donors (Lipinski definition) is 0. The second kappa shape index (κ2) is 13.6. The van der Waals surface area contributed by atoms with Crippen molar-refractivity contribution in [3.05, 3.63) is 28.2 Å². The number of esters is 2. The Labute approximate surface area is 164 Å². The van der Waals surface area contributed by atoms with Gasteiger partial charge in [0.2, 0.25) is 0 Å². The number of ether oxygens (including phenoxy) is 3. The maximum absolute atomic E-state index is 11.8. The van der Waals surface area contributed by atoms with Gasteiger partial charge in [0.15, 0.2) is 0 Å². The van der Waals surface area contributed by atoms with E-state index in [0.29, 0.717) is 12.4 Å². The number of methoxy groups -OCH3 is 1. The molecule has 0 unspecified atom stereocenters. The Morgan fingerprint density at radius 1 is 0.962 bits per heavy atom. The van der Waals surface area contributed by atoms with Crippen LogP contribution in [0.1, 0.15) is 63.9 Å². The van der Waals surface area contributed by atoms with Crippen molar-refractivity contribution in [2.24, 2.45) is 0 Å². The molecular weight excluding hydrogens is 400 g/mol. The number of hydrogen-bond acceptors (Lipinski definition) is 5. The lowest BCUT2D eigenvalue weighted by molar-refractivity contribution is -0.151. The van der Waals surface area contributed by atoms with E-state index in [1.54, 1.807) is 13.2 Å². The van der Waals surface area contributed by atoms with Crippen LogP contribution >= 0.6 is 15.9 Å². The molecule has 0 aliphatic rings. The molecule has 6 heteroatoms. The van der Waals surface area contributed by atoms with Gasteiger partial charge >= 0.3 is 11.9 Å². The van der Waals surface area contributed by atoms with Crippen LogP contribution in [0.2, 0.25) is 0 Å². The minimum atomic E-state index is -0.427. The van der Waals surface area contributed by atoms with Crippen LogP contribution in [-0.2, 0) is 25.7 Å². The molecule has 0 N–H and O–H groups in total. The Morgan fingerprint density at radius 2 is 1.62 bits per heavy atom. The van der Waals surface area contributed by atoms with Crippen molar-refractivity contribution in [2.75, 3.05) is 13.7 Å². The number of benzene rings is 1. The molecule has 1 aromatic rings. The molecule has 0 saturated carbocycles. The first-order chi connectivity index (χ1) is 12.6. The molecule has 146 valence electrons. The van der Waals surface area contributed by atoms with Crippen LogP contribution in [0.25, 0.3) is 0 Å². The van der Waals surface area contributed by atoms with Gasteiger partial charge in [0.25, 0.3) is 0 Å². The van der Waals surface area contributed by atoms with Gasteiger partial charge in [-0.25, -0.2) is 0 Å². The Morgan fingerprint density at radius 3 is 2.31 bits per heavy atom. The number of carbonyl (C=O) groups is 2. The first kappa shape index (κ1) is 22.5. The van der Waals surface area contributed by atoms with Gasteiger partial charge in [-0.2, -0.15) is 0 Å². The largest absolute Gasteiger partial charge is 0.496 e. The lowest BCUT2D eigenvalue weighted by atomic mass is 10.1. The van der Waals surface area contributed by atoms with Gasteiger partial charge in [-0.05, 0) is 24.6 Å². The van der Waals surface area contributed by atoms with E-state index < -0.39 is 5.97 Å². The summed E-state index contributed by atoms with van der Waals surface area (Å²) in [7, 11) is 1.56. The van der Waals surface area contributed by atoms with Crippen LogP contribution in [0.3, 0.4) is 0 Å². The van der Waals surface area contributed by atoms with E-state index in [9.17, 15) is 9.59 Å². The van der Waals surface area contributed by atoms with Crippen molar-refractivity contribution < 1.29 is 23.8 Å². The van der Waals surface area contributed by atoms with Crippen LogP contribution in [0.4, 0.5) is 0 Å². The van der Waals surface area contributed by atoms with Crippen LogP contribution < -0.4 is 4.74 Å². The van der Waals surface area contributed by atoms with Gasteiger partial charge in [0.1, 0.15) is 12.4 Å². The molecule has 1 aromatic carbocycles. The van der Waals surface area contributed by atoms with E-state index in [1.165, 1.54) is 25.7 Å². The summed E-state index contributed by atoms with van der Waals surface area (Å²) in [6.45, 7) is 2.71. The SMILES string of the molecule is CCCCCCCCOC(=O)CCC(=O)OCc1cc(Br)ccc1OC. The van der Waals surface area contributed by atoms with Gasteiger partial charge in [0.05, 0.1) is 26.6 Å². The van der Waals surface area contributed by atoms with Crippen molar-refractivity contribution in [1.82, 2.24) is 0 Å². The average molecular weight is 429 g/mol. The van der Waals surface area contributed by atoms with Crippen LogP contribution in [0.5, 0.6) is 5.75 Å². The fourth-order valence-corrected chi connectivity index (χ4v) is 2.84. The highest BCUT2D eigenvalue weighted by Gasteiger charge is 2.11. The smallest absolute Gasteiger partial charge is 0.306 e. The molecule has 5 nitrogen and oxygen atoms in total. The third kappa shape index (κ3) is 9.80. The highest BCUT2D eigenvalue weighted by molar-refractivity contribution is 9.10. The second-order valence-electron chi connectivity index (χ2n) is 6.11. The van der Waals surface area contributed by atoms with Gasteiger partial charge < -0.3 is 14.2 Å². The van der Waals surface area contributed by atoms with Gasteiger partial charge in [-0.1, -0.05) is 55.0 Å². The zero-order chi connectivity index (χ0) is 19.2. The molecule has 0 radical (unpaired) electrons. The molecule has 0 aromatic heterocycles. The third-order valence-corrected chi connectivity index (χ3v) is 4.42. The van der Waals surface area contributed by atoms with Gasteiger partial charge in [-0.3, -0.25) is 9.59 Å². The van der Waals surface area contributed by atoms with Crippen LogP contribution in [0.15, 0.2) is 22.7 Å². The average Bonchev–Trinajstić information content (AvgIpc) is 2.64. The van der Waals surface area contributed by atoms with E-state index in [4.69, 9.17) is 14.2 Å². The lowest BCUT2D eigenvalue weighted by Gasteiger charge is -2.10. The van der Waals surface area contributed by atoms with Crippen molar-refractivity contribution in [3.8, 4) is 5.75 Å². The molecular formula is C20H29BrO5. The van der Waals surface area contributed by atoms with Crippen molar-refractivity contribution in [2.45, 2.75) is 64.9 Å². The zero-order valence-electron chi connectivity index (χ0n) is 15.7. The maximum Gasteiger partial charge on any atom is 0.306 e. The fraction of sp³-hybridized carbons (Fsp3) is 0.600. The van der Waals surface area contributed by atoms with Crippen molar-refractivity contribution in [3.63, 3.8) is 0 Å². The Balaban J connectivity index is 2.16. The number of carbonyl (C=O) groups excluding carboxylic acids is 2. The summed E-state index contributed by atoms with van der Waals surface area (Å²) in [5.41, 5.74) is 0.765. The van der Waals surface area contributed by atoms with E-state index >= 15 is 0 Å². The molecule has 0 spiro atoms. The molecule has 0 saturated heterocycles. The zero-order valence-corrected chi connectivity index (χ0v) is 17.3. The predicted octanol–water partition coefficient (Wildman–Crippen LogP) is 5.18. The van der Waals surface area contributed by atoms with E-state index in [1.807, 2.05) is 12.1 Å². The Bertz CT molecular complexity index is 559. The fourth-order valence-electron chi connectivity index (χ4n) is 2.44. The molecule has 0 heterocycles. The van der Waals surface area contributed by atoms with Crippen LogP contribution in [-0.4, -0.2) is 25.7 Å². The monoisotopic (exact) mass is 428 g/mol. The van der Waals surface area contributed by atoms with Crippen LogP contribution in [0, 0.1) is 0 Å². The lowest BCUT2D eigenvalue weighted by Crippen LogP contribution is -2.11. The number of unbranched alkanes of at least 4 members (excludes halogenated alkanes) is 5. The van der Waals surface area contributed by atoms with Gasteiger partial charge in [-0.15, -0.1) is 0 Å². The number of halogens is 1. The normalized spacial score (nSPS) is 10.4. The summed E-state index contributed by atoms with van der Waals surface area (Å²) in [5.74, 6) is -0.126. The second-order valence-corrected chi connectivity index (χ2v) is 7.02. The molecule has 1 rings (SSSR count). The summed E-state index contributed by atoms with van der Waals surface area (Å²) in [6.07, 6.45) is 6.91. The molecule has 0 aliphatic heterocycles. The molecule has 0 aliphatic carbocycles. The molecule has 0 atom stereocenters. The minimum Gasteiger partial charge on any atom is -0.496 e. The Kier molecular flexibility index (Phi) is 11.8. The highest BCUT2D eigenvalue weighted by atomic mass is 79.9. The van der Waals surface area contributed by atoms with Gasteiger partial charge in [0, 0.05) is 10.0 Å². The van der Waals surface area contributed by atoms with E-state index in [-0.39, 0.29) is 25.4 Å². The minimum absolute atomic E-state index is 0.0195. The summed E-state index contributed by atoms with van der Waals surface area (Å²) < 4.78 is 16.5. The maximum atomic E-state index is 11.8. The van der Waals surface area contributed by atoms with Crippen molar-refractivity contribution in [1.29, 1.82) is 0 Å². The predicted molar refractivity (Wildman–Crippen MR) is 104 cm³/mol. The molecule has 0 fully saturated rings. The standard InChI is InChI=1S/C20H29BrO5/c1-3-4-5-6-7-8-13-25-19(22)11-12-20(23)26-15-16-14-17(21)9-10-18(16)24-2/h9-10,14H,3-8,11-13,15H2,1-2H3. The topological polar surface area (TPSA) is 61.8 Å². The van der Waals surface area contributed by atoms with Crippen molar-refractivity contribution >= 4 is 27.9 Å². The Hall–Kier alpha value is -1.56. The summed E-state index contributed by atoms with van der Waals surface area (Å²) in [5, 5.41) is 0. The first-order valence-corrected chi connectivity index (χ1v) is 9.99.